The van der Waals surface area contributed by atoms with E-state index in [1.165, 1.54) is 5.01 Å². The van der Waals surface area contributed by atoms with Gasteiger partial charge in [0.1, 0.15) is 0 Å². The van der Waals surface area contributed by atoms with Crippen LogP contribution in [0.25, 0.3) is 0 Å². The van der Waals surface area contributed by atoms with E-state index in [0.29, 0.717) is 31.1 Å². The first-order chi connectivity index (χ1) is 9.35. The van der Waals surface area contributed by atoms with Crippen LogP contribution >= 0.6 is 0 Å². The Labute approximate surface area is 119 Å². The average Bonchev–Trinajstić information content (AvgIpc) is 2.37. The van der Waals surface area contributed by atoms with E-state index in [1.54, 1.807) is 7.05 Å². The first-order valence-corrected chi connectivity index (χ1v) is 6.70. The van der Waals surface area contributed by atoms with E-state index in [0.717, 1.165) is 13.1 Å². The molecule has 8 nitrogen and oxygen atoms in total. The Bertz CT molecular complexity index is 452. The second-order valence-corrected chi connectivity index (χ2v) is 5.84. The largest absolute Gasteiger partial charge is 0.378 e. The quantitative estimate of drug-likeness (QED) is 0.601. The van der Waals surface area contributed by atoms with Crippen LogP contribution in [0.5, 0.6) is 0 Å². The summed E-state index contributed by atoms with van der Waals surface area (Å²) >= 11 is 0. The Morgan fingerprint density at radius 1 is 1.20 bits per heavy atom. The normalized spacial score (nSPS) is 16.1. The summed E-state index contributed by atoms with van der Waals surface area (Å²) in [6.45, 7) is 9.06. The molecule has 112 valence electrons. The van der Waals surface area contributed by atoms with Crippen molar-refractivity contribution in [2.75, 3.05) is 48.6 Å². The zero-order valence-corrected chi connectivity index (χ0v) is 12.6. The van der Waals surface area contributed by atoms with Gasteiger partial charge in [0.2, 0.25) is 17.8 Å². The zero-order valence-electron chi connectivity index (χ0n) is 12.6. The third-order valence-electron chi connectivity index (χ3n) is 2.71. The number of nitrogens with zero attached hydrogens (tertiary/aromatic N) is 5. The number of nitrogens with one attached hydrogen (secondary N) is 1. The van der Waals surface area contributed by atoms with E-state index >= 15 is 0 Å². The van der Waals surface area contributed by atoms with Crippen molar-refractivity contribution in [2.45, 2.75) is 26.3 Å². The van der Waals surface area contributed by atoms with Crippen LogP contribution in [0.3, 0.4) is 0 Å². The van der Waals surface area contributed by atoms with Crippen molar-refractivity contribution < 1.29 is 4.74 Å². The van der Waals surface area contributed by atoms with Crippen LogP contribution in [0.1, 0.15) is 20.8 Å². The summed E-state index contributed by atoms with van der Waals surface area (Å²) in [5.74, 6) is 7.35. The van der Waals surface area contributed by atoms with Gasteiger partial charge < -0.3 is 15.0 Å². The number of ether oxygens (including phenoxy) is 1. The van der Waals surface area contributed by atoms with Gasteiger partial charge in [-0.05, 0) is 20.8 Å². The van der Waals surface area contributed by atoms with Gasteiger partial charge >= 0.3 is 0 Å². The average molecular weight is 281 g/mol. The molecule has 1 saturated heterocycles. The van der Waals surface area contributed by atoms with Crippen molar-refractivity contribution in [3.63, 3.8) is 0 Å². The third kappa shape index (κ3) is 3.91. The van der Waals surface area contributed by atoms with E-state index in [-0.39, 0.29) is 5.54 Å². The Kier molecular flexibility index (Phi) is 4.24. The highest BCUT2D eigenvalue weighted by molar-refractivity contribution is 5.45. The summed E-state index contributed by atoms with van der Waals surface area (Å²) < 4.78 is 5.35. The SMILES string of the molecule is CN(N)c1nc(NC(C)(C)C)nc(N2CCOCC2)n1. The molecule has 0 aliphatic carbocycles. The summed E-state index contributed by atoms with van der Waals surface area (Å²) in [6.07, 6.45) is 0. The molecule has 1 aromatic heterocycles. The monoisotopic (exact) mass is 281 g/mol. The van der Waals surface area contributed by atoms with Crippen LogP contribution in [-0.2, 0) is 4.74 Å². The Hall–Kier alpha value is -1.67. The van der Waals surface area contributed by atoms with Crippen molar-refractivity contribution in [3.05, 3.63) is 0 Å². The lowest BCUT2D eigenvalue weighted by Gasteiger charge is -2.28. The number of anilines is 3. The third-order valence-corrected chi connectivity index (χ3v) is 2.71. The minimum Gasteiger partial charge on any atom is -0.378 e. The van der Waals surface area contributed by atoms with Gasteiger partial charge in [0, 0.05) is 25.7 Å². The van der Waals surface area contributed by atoms with Crippen molar-refractivity contribution in [1.29, 1.82) is 0 Å². The van der Waals surface area contributed by atoms with Gasteiger partial charge in [0.05, 0.1) is 13.2 Å². The molecule has 0 aromatic carbocycles. The highest BCUT2D eigenvalue weighted by Gasteiger charge is 2.19. The molecule has 1 aromatic rings. The number of aromatic nitrogens is 3. The van der Waals surface area contributed by atoms with Gasteiger partial charge in [-0.3, -0.25) is 5.01 Å². The number of hydrogen-bond acceptors (Lipinski definition) is 8. The molecule has 1 aliphatic heterocycles. The molecule has 0 amide bonds. The fourth-order valence-electron chi connectivity index (χ4n) is 1.81. The number of nitrogens with two attached hydrogens (primary N) is 1. The highest BCUT2D eigenvalue weighted by Crippen LogP contribution is 2.18. The molecule has 3 N–H and O–H groups in total. The number of rotatable bonds is 3. The molecule has 0 bridgehead atoms. The summed E-state index contributed by atoms with van der Waals surface area (Å²) in [6, 6.07) is 0. The molecule has 2 heterocycles. The lowest BCUT2D eigenvalue weighted by atomic mass is 10.1. The first kappa shape index (κ1) is 14.7. The summed E-state index contributed by atoms with van der Waals surface area (Å²) in [5.41, 5.74) is -0.131. The van der Waals surface area contributed by atoms with Gasteiger partial charge in [-0.1, -0.05) is 0 Å². The van der Waals surface area contributed by atoms with Gasteiger partial charge in [-0.15, -0.1) is 0 Å². The predicted molar refractivity (Wildman–Crippen MR) is 78.8 cm³/mol. The first-order valence-electron chi connectivity index (χ1n) is 6.70. The molecule has 0 radical (unpaired) electrons. The lowest BCUT2D eigenvalue weighted by molar-refractivity contribution is 0.122. The van der Waals surface area contributed by atoms with Crippen LogP contribution < -0.4 is 21.1 Å². The summed E-state index contributed by atoms with van der Waals surface area (Å²) in [7, 11) is 1.71. The molecule has 0 saturated carbocycles. The molecule has 2 rings (SSSR count). The maximum Gasteiger partial charge on any atom is 0.246 e. The molecule has 1 fully saturated rings. The lowest BCUT2D eigenvalue weighted by Crippen LogP contribution is -2.38. The van der Waals surface area contributed by atoms with E-state index in [1.807, 2.05) is 0 Å². The maximum atomic E-state index is 5.75. The zero-order chi connectivity index (χ0) is 14.8. The van der Waals surface area contributed by atoms with Crippen LogP contribution in [0.4, 0.5) is 17.8 Å². The topological polar surface area (TPSA) is 92.4 Å². The second kappa shape index (κ2) is 5.76. The van der Waals surface area contributed by atoms with Crippen molar-refractivity contribution in [1.82, 2.24) is 15.0 Å². The van der Waals surface area contributed by atoms with Crippen molar-refractivity contribution >= 4 is 17.8 Å². The highest BCUT2D eigenvalue weighted by atomic mass is 16.5. The molecule has 0 spiro atoms. The van der Waals surface area contributed by atoms with Gasteiger partial charge in [-0.2, -0.15) is 15.0 Å². The summed E-state index contributed by atoms with van der Waals surface area (Å²) in [5, 5.41) is 4.64. The molecule has 8 heteroatoms. The van der Waals surface area contributed by atoms with Crippen molar-refractivity contribution in [3.8, 4) is 0 Å². The number of hydrogen-bond donors (Lipinski definition) is 2. The fourth-order valence-corrected chi connectivity index (χ4v) is 1.81. The minimum atomic E-state index is -0.131. The standard InChI is InChI=1S/C12H23N7O/c1-12(2,3)17-9-14-10(18(4)13)16-11(15-9)19-5-7-20-8-6-19/h5-8,13H2,1-4H3,(H,14,15,16,17). The van der Waals surface area contributed by atoms with Crippen LogP contribution in [0, 0.1) is 0 Å². The van der Waals surface area contributed by atoms with E-state index < -0.39 is 0 Å². The van der Waals surface area contributed by atoms with E-state index in [2.05, 4.69) is 45.9 Å². The van der Waals surface area contributed by atoms with Gasteiger partial charge in [0.15, 0.2) is 0 Å². The molecular weight excluding hydrogens is 258 g/mol. The smallest absolute Gasteiger partial charge is 0.246 e. The minimum absolute atomic E-state index is 0.131. The van der Waals surface area contributed by atoms with Crippen LogP contribution in [-0.4, -0.2) is 53.8 Å². The maximum absolute atomic E-state index is 5.75. The molecular formula is C12H23N7O. The van der Waals surface area contributed by atoms with Crippen LogP contribution in [0.15, 0.2) is 0 Å². The number of morpholine rings is 1. The Balaban J connectivity index is 2.30. The second-order valence-electron chi connectivity index (χ2n) is 5.84. The van der Waals surface area contributed by atoms with Crippen molar-refractivity contribution in [2.24, 2.45) is 5.84 Å². The van der Waals surface area contributed by atoms with E-state index in [4.69, 9.17) is 10.6 Å². The number of hydrazine groups is 1. The van der Waals surface area contributed by atoms with Gasteiger partial charge in [0.25, 0.3) is 0 Å². The molecule has 20 heavy (non-hydrogen) atoms. The van der Waals surface area contributed by atoms with Crippen LogP contribution in [0.2, 0.25) is 0 Å². The Morgan fingerprint density at radius 3 is 2.40 bits per heavy atom. The Morgan fingerprint density at radius 2 is 1.85 bits per heavy atom. The molecule has 0 unspecified atom stereocenters. The fraction of sp³-hybridized carbons (Fsp3) is 0.750. The molecule has 1 aliphatic rings. The summed E-state index contributed by atoms with van der Waals surface area (Å²) in [4.78, 5) is 15.3. The van der Waals surface area contributed by atoms with E-state index in [9.17, 15) is 0 Å². The molecule has 0 atom stereocenters. The predicted octanol–water partition coefficient (Wildman–Crippen LogP) is 0.229. The van der Waals surface area contributed by atoms with Gasteiger partial charge in [-0.25, -0.2) is 5.84 Å².